The minimum atomic E-state index is -3.92. The van der Waals surface area contributed by atoms with Crippen molar-refractivity contribution in [3.8, 4) is 0 Å². The van der Waals surface area contributed by atoms with E-state index in [4.69, 9.17) is 18.8 Å². The number of sulfone groups is 1. The molecule has 0 spiro atoms. The van der Waals surface area contributed by atoms with Crippen LogP contribution in [0.2, 0.25) is 0 Å². The van der Waals surface area contributed by atoms with Crippen LogP contribution in [0, 0.1) is 0 Å². The quantitative estimate of drug-likeness (QED) is 0.244. The van der Waals surface area contributed by atoms with E-state index in [1.165, 1.54) is 6.26 Å². The molecule has 0 rings (SSSR count). The van der Waals surface area contributed by atoms with Gasteiger partial charge in [-0.2, -0.15) is 8.42 Å². The highest BCUT2D eigenvalue weighted by Crippen LogP contribution is 2.03. The normalized spacial score (nSPS) is 13.7. The Morgan fingerprint density at radius 2 is 1.30 bits per heavy atom. The Hall–Kier alpha value is -0.260. The van der Waals surface area contributed by atoms with Gasteiger partial charge in [-0.15, -0.1) is 0 Å². The van der Waals surface area contributed by atoms with Gasteiger partial charge in [0, 0.05) is 31.8 Å². The van der Waals surface area contributed by atoms with Gasteiger partial charge in [-0.25, -0.2) is 8.42 Å². The van der Waals surface area contributed by atoms with E-state index in [2.05, 4.69) is 6.92 Å². The summed E-state index contributed by atoms with van der Waals surface area (Å²) >= 11 is 0. The SMILES string of the molecule is CCCCCOCC(COCCCCS(=O)(=O)O)OCCCCS(C)(=O)=O. The molecule has 1 N–H and O–H groups in total. The Kier molecular flexibility index (Phi) is 15.5. The van der Waals surface area contributed by atoms with E-state index in [-0.39, 0.29) is 17.6 Å². The van der Waals surface area contributed by atoms with E-state index in [9.17, 15) is 16.8 Å². The summed E-state index contributed by atoms with van der Waals surface area (Å²) in [6.07, 6.45) is 6.27. The maximum atomic E-state index is 11.1. The van der Waals surface area contributed by atoms with Crippen LogP contribution in [0.3, 0.4) is 0 Å². The van der Waals surface area contributed by atoms with E-state index >= 15 is 0 Å². The highest BCUT2D eigenvalue weighted by atomic mass is 32.2. The molecule has 27 heavy (non-hydrogen) atoms. The molecular formula is C17H36O8S2. The fourth-order valence-electron chi connectivity index (χ4n) is 2.23. The molecule has 0 aliphatic rings. The van der Waals surface area contributed by atoms with Crippen molar-refractivity contribution in [2.24, 2.45) is 0 Å². The summed E-state index contributed by atoms with van der Waals surface area (Å²) in [5.74, 6) is -0.115. The van der Waals surface area contributed by atoms with E-state index < -0.39 is 20.0 Å². The first-order chi connectivity index (χ1) is 12.6. The molecule has 1 atom stereocenters. The molecule has 10 heteroatoms. The summed E-state index contributed by atoms with van der Waals surface area (Å²) in [6.45, 7) is 4.32. The van der Waals surface area contributed by atoms with Crippen molar-refractivity contribution in [3.05, 3.63) is 0 Å². The zero-order valence-electron chi connectivity index (χ0n) is 16.6. The van der Waals surface area contributed by atoms with Crippen molar-refractivity contribution in [2.75, 3.05) is 50.8 Å². The van der Waals surface area contributed by atoms with Crippen LogP contribution in [0.15, 0.2) is 0 Å². The highest BCUT2D eigenvalue weighted by molar-refractivity contribution is 7.90. The zero-order chi connectivity index (χ0) is 20.6. The van der Waals surface area contributed by atoms with Crippen molar-refractivity contribution in [2.45, 2.75) is 58.0 Å². The molecule has 0 heterocycles. The molecule has 8 nitrogen and oxygen atoms in total. The molecule has 0 aliphatic heterocycles. The van der Waals surface area contributed by atoms with Crippen LogP contribution in [0.4, 0.5) is 0 Å². The van der Waals surface area contributed by atoms with Crippen LogP contribution in [-0.4, -0.2) is 78.3 Å². The molecule has 0 fully saturated rings. The van der Waals surface area contributed by atoms with Crippen LogP contribution in [0.25, 0.3) is 0 Å². The first kappa shape index (κ1) is 26.7. The van der Waals surface area contributed by atoms with Crippen molar-refractivity contribution in [1.29, 1.82) is 0 Å². The van der Waals surface area contributed by atoms with Crippen molar-refractivity contribution in [3.63, 3.8) is 0 Å². The number of ether oxygens (including phenoxy) is 3. The maximum Gasteiger partial charge on any atom is 0.264 e. The van der Waals surface area contributed by atoms with Crippen LogP contribution in [0.1, 0.15) is 51.9 Å². The summed E-state index contributed by atoms with van der Waals surface area (Å²) in [5.41, 5.74) is 0. The lowest BCUT2D eigenvalue weighted by Crippen LogP contribution is -2.27. The van der Waals surface area contributed by atoms with Gasteiger partial charge in [0.2, 0.25) is 0 Å². The van der Waals surface area contributed by atoms with Gasteiger partial charge < -0.3 is 14.2 Å². The summed E-state index contributed by atoms with van der Waals surface area (Å²) in [7, 11) is -6.87. The van der Waals surface area contributed by atoms with Gasteiger partial charge in [-0.1, -0.05) is 19.8 Å². The second-order valence-electron chi connectivity index (χ2n) is 6.68. The standard InChI is InChI=1S/C17H36O8S2/c1-3-4-5-10-23-15-17(25-12-7-8-13-26(2,18)19)16-24-11-6-9-14-27(20,21)22/h17H,3-16H2,1-2H3,(H,20,21,22). The Labute approximate surface area is 164 Å². The van der Waals surface area contributed by atoms with Gasteiger partial charge in [-0.3, -0.25) is 4.55 Å². The third-order valence-electron chi connectivity index (χ3n) is 3.70. The molecule has 0 saturated heterocycles. The van der Waals surface area contributed by atoms with Gasteiger partial charge in [0.15, 0.2) is 0 Å². The first-order valence-electron chi connectivity index (χ1n) is 9.54. The van der Waals surface area contributed by atoms with Crippen LogP contribution >= 0.6 is 0 Å². The van der Waals surface area contributed by atoms with E-state index in [0.717, 1.165) is 19.3 Å². The summed E-state index contributed by atoms with van der Waals surface area (Å²) in [5, 5.41) is 0. The molecule has 164 valence electrons. The molecule has 0 aromatic heterocycles. The monoisotopic (exact) mass is 432 g/mol. The molecular weight excluding hydrogens is 396 g/mol. The zero-order valence-corrected chi connectivity index (χ0v) is 18.2. The summed E-state index contributed by atoms with van der Waals surface area (Å²) in [4.78, 5) is 0. The summed E-state index contributed by atoms with van der Waals surface area (Å²) < 4.78 is 69.1. The fourth-order valence-corrected chi connectivity index (χ4v) is 3.53. The lowest BCUT2D eigenvalue weighted by molar-refractivity contribution is -0.0611. The lowest BCUT2D eigenvalue weighted by Gasteiger charge is -2.18. The lowest BCUT2D eigenvalue weighted by atomic mass is 10.3. The minimum absolute atomic E-state index is 0.152. The van der Waals surface area contributed by atoms with Crippen LogP contribution in [-0.2, 0) is 34.2 Å². The van der Waals surface area contributed by atoms with Crippen molar-refractivity contribution < 1.29 is 35.6 Å². The van der Waals surface area contributed by atoms with Crippen LogP contribution in [0.5, 0.6) is 0 Å². The third-order valence-corrected chi connectivity index (χ3v) is 5.54. The molecule has 0 bridgehead atoms. The maximum absolute atomic E-state index is 11.1. The Morgan fingerprint density at radius 1 is 0.778 bits per heavy atom. The summed E-state index contributed by atoms with van der Waals surface area (Å²) in [6, 6.07) is 0. The average Bonchev–Trinajstić information content (AvgIpc) is 2.54. The van der Waals surface area contributed by atoms with E-state index in [1.807, 2.05) is 0 Å². The molecule has 0 radical (unpaired) electrons. The van der Waals surface area contributed by atoms with Gasteiger partial charge in [0.05, 0.1) is 19.0 Å². The topological polar surface area (TPSA) is 116 Å². The Balaban J connectivity index is 4.00. The first-order valence-corrected chi connectivity index (χ1v) is 13.2. The number of unbranched alkanes of at least 4 members (excludes halogenated alkanes) is 4. The van der Waals surface area contributed by atoms with E-state index in [1.54, 1.807) is 0 Å². The number of rotatable bonds is 19. The molecule has 0 amide bonds. The predicted octanol–water partition coefficient (Wildman–Crippen LogP) is 2.09. The number of hydrogen-bond donors (Lipinski definition) is 1. The Morgan fingerprint density at radius 3 is 1.81 bits per heavy atom. The smallest absolute Gasteiger partial charge is 0.264 e. The molecule has 0 aromatic carbocycles. The van der Waals surface area contributed by atoms with Crippen molar-refractivity contribution in [1.82, 2.24) is 0 Å². The second kappa shape index (κ2) is 15.6. The minimum Gasteiger partial charge on any atom is -0.379 e. The van der Waals surface area contributed by atoms with Gasteiger partial charge in [0.25, 0.3) is 10.1 Å². The van der Waals surface area contributed by atoms with Crippen molar-refractivity contribution >= 4 is 20.0 Å². The molecule has 0 aromatic rings. The predicted molar refractivity (Wildman–Crippen MR) is 105 cm³/mol. The molecule has 0 aliphatic carbocycles. The average molecular weight is 433 g/mol. The number of hydrogen-bond acceptors (Lipinski definition) is 7. The van der Waals surface area contributed by atoms with Gasteiger partial charge >= 0.3 is 0 Å². The fraction of sp³-hybridized carbons (Fsp3) is 1.00. The molecule has 0 saturated carbocycles. The molecule has 1 unspecified atom stereocenters. The largest absolute Gasteiger partial charge is 0.379 e. The van der Waals surface area contributed by atoms with Gasteiger partial charge in [-0.05, 0) is 32.1 Å². The van der Waals surface area contributed by atoms with E-state index in [0.29, 0.717) is 58.7 Å². The second-order valence-corrected chi connectivity index (χ2v) is 10.5. The highest BCUT2D eigenvalue weighted by Gasteiger charge is 2.11. The van der Waals surface area contributed by atoms with Crippen LogP contribution < -0.4 is 0 Å². The van der Waals surface area contributed by atoms with Gasteiger partial charge in [0.1, 0.15) is 15.9 Å². The third kappa shape index (κ3) is 21.9. The Bertz CT molecular complexity index is 545.